The van der Waals surface area contributed by atoms with Crippen LogP contribution in [-0.2, 0) is 12.2 Å². The van der Waals surface area contributed by atoms with Crippen molar-refractivity contribution in [2.24, 2.45) is 0 Å². The molecule has 1 heterocycles. The minimum absolute atomic E-state index is 0.166. The van der Waals surface area contributed by atoms with E-state index in [0.29, 0.717) is 18.1 Å². The van der Waals surface area contributed by atoms with E-state index < -0.39 is 0 Å². The van der Waals surface area contributed by atoms with E-state index in [1.807, 2.05) is 30.5 Å². The second-order valence-electron chi connectivity index (χ2n) is 3.62. The molecule has 0 aliphatic carbocycles. The number of thioether (sulfide) groups is 1. The number of hydrogen-bond acceptors (Lipinski definition) is 5. The highest BCUT2D eigenvalue weighted by Gasteiger charge is 2.07. The normalized spacial score (nSPS) is 10.7. The summed E-state index contributed by atoms with van der Waals surface area (Å²) in [5.41, 5.74) is 2.03. The largest absolute Gasteiger partial charge is 0.396 e. The molecule has 1 aromatic heterocycles. The van der Waals surface area contributed by atoms with Crippen LogP contribution in [-0.4, -0.2) is 28.1 Å². The van der Waals surface area contributed by atoms with Crippen molar-refractivity contribution >= 4 is 11.8 Å². The van der Waals surface area contributed by atoms with Gasteiger partial charge in [-0.15, -0.1) is 0 Å². The summed E-state index contributed by atoms with van der Waals surface area (Å²) in [6.07, 6.45) is 2.66. The molecular formula is C12H14N2O2S. The van der Waals surface area contributed by atoms with Gasteiger partial charge < -0.3 is 9.63 Å². The Morgan fingerprint density at radius 1 is 1.29 bits per heavy atom. The van der Waals surface area contributed by atoms with E-state index in [9.17, 15) is 0 Å². The van der Waals surface area contributed by atoms with Gasteiger partial charge in [-0.1, -0.05) is 29.4 Å². The first-order chi connectivity index (χ1) is 8.33. The maximum absolute atomic E-state index is 8.83. The van der Waals surface area contributed by atoms with Crippen molar-refractivity contribution in [3.05, 3.63) is 35.7 Å². The molecule has 0 amide bonds. The Morgan fingerprint density at radius 3 is 2.71 bits per heavy atom. The van der Waals surface area contributed by atoms with Crippen molar-refractivity contribution in [2.45, 2.75) is 12.2 Å². The van der Waals surface area contributed by atoms with Crippen LogP contribution in [0.4, 0.5) is 0 Å². The molecule has 0 aliphatic heterocycles. The third kappa shape index (κ3) is 3.08. The molecule has 4 nitrogen and oxygen atoms in total. The minimum Gasteiger partial charge on any atom is -0.396 e. The third-order valence-electron chi connectivity index (χ3n) is 2.35. The van der Waals surface area contributed by atoms with Crippen molar-refractivity contribution in [1.29, 1.82) is 0 Å². The van der Waals surface area contributed by atoms with Crippen LogP contribution in [0.25, 0.3) is 11.4 Å². The van der Waals surface area contributed by atoms with Gasteiger partial charge in [0, 0.05) is 12.2 Å². The molecule has 1 aromatic carbocycles. The Morgan fingerprint density at radius 2 is 2.06 bits per heavy atom. The van der Waals surface area contributed by atoms with E-state index in [1.165, 1.54) is 0 Å². The lowest BCUT2D eigenvalue weighted by Gasteiger charge is -1.98. The molecule has 2 rings (SSSR count). The van der Waals surface area contributed by atoms with E-state index in [-0.39, 0.29) is 6.61 Å². The van der Waals surface area contributed by atoms with Crippen LogP contribution >= 0.6 is 11.8 Å². The summed E-state index contributed by atoms with van der Waals surface area (Å²) in [6.45, 7) is 0.166. The number of hydrogen-bond donors (Lipinski definition) is 1. The SMILES string of the molecule is CSCc1nc(-c2ccc(CCO)cc2)no1. The number of aliphatic hydroxyl groups is 1. The lowest BCUT2D eigenvalue weighted by atomic mass is 10.1. The molecule has 0 fully saturated rings. The van der Waals surface area contributed by atoms with E-state index in [0.717, 1.165) is 16.9 Å². The maximum Gasteiger partial charge on any atom is 0.236 e. The van der Waals surface area contributed by atoms with Crippen LogP contribution in [0.3, 0.4) is 0 Å². The number of aromatic nitrogens is 2. The summed E-state index contributed by atoms with van der Waals surface area (Å²) in [6, 6.07) is 7.82. The smallest absolute Gasteiger partial charge is 0.236 e. The molecule has 17 heavy (non-hydrogen) atoms. The average molecular weight is 250 g/mol. The summed E-state index contributed by atoms with van der Waals surface area (Å²) in [7, 11) is 0. The molecule has 1 N–H and O–H groups in total. The average Bonchev–Trinajstić information content (AvgIpc) is 2.80. The summed E-state index contributed by atoms with van der Waals surface area (Å²) >= 11 is 1.65. The highest BCUT2D eigenvalue weighted by atomic mass is 32.2. The molecule has 0 unspecified atom stereocenters. The first-order valence-electron chi connectivity index (χ1n) is 5.35. The highest BCUT2D eigenvalue weighted by molar-refractivity contribution is 7.97. The van der Waals surface area contributed by atoms with Crippen LogP contribution in [0.1, 0.15) is 11.5 Å². The van der Waals surface area contributed by atoms with Gasteiger partial charge in [-0.3, -0.25) is 0 Å². The topological polar surface area (TPSA) is 59.2 Å². The van der Waals surface area contributed by atoms with Gasteiger partial charge in [-0.05, 0) is 18.2 Å². The fourth-order valence-corrected chi connectivity index (χ4v) is 1.87. The predicted octanol–water partition coefficient (Wildman–Crippen LogP) is 2.13. The van der Waals surface area contributed by atoms with Gasteiger partial charge in [0.25, 0.3) is 0 Å². The Labute approximate surface area is 104 Å². The molecule has 0 saturated heterocycles. The maximum atomic E-state index is 8.83. The molecule has 0 radical (unpaired) electrons. The van der Waals surface area contributed by atoms with Gasteiger partial charge in [0.05, 0.1) is 5.75 Å². The monoisotopic (exact) mass is 250 g/mol. The first-order valence-corrected chi connectivity index (χ1v) is 6.74. The standard InChI is InChI=1S/C12H14N2O2S/c1-17-8-11-13-12(14-16-11)10-4-2-9(3-5-10)6-7-15/h2-5,15H,6-8H2,1H3. The van der Waals surface area contributed by atoms with Gasteiger partial charge >= 0.3 is 0 Å². The van der Waals surface area contributed by atoms with Crippen LogP contribution in [0, 0.1) is 0 Å². The predicted molar refractivity (Wildman–Crippen MR) is 67.7 cm³/mol. The van der Waals surface area contributed by atoms with Crippen LogP contribution in [0.2, 0.25) is 0 Å². The zero-order chi connectivity index (χ0) is 12.1. The Balaban J connectivity index is 2.15. The van der Waals surface area contributed by atoms with Crippen molar-refractivity contribution < 1.29 is 9.63 Å². The second-order valence-corrected chi connectivity index (χ2v) is 4.48. The summed E-state index contributed by atoms with van der Waals surface area (Å²) in [5, 5.41) is 12.8. The number of aliphatic hydroxyl groups excluding tert-OH is 1. The molecule has 0 bridgehead atoms. The van der Waals surface area contributed by atoms with Crippen LogP contribution in [0.15, 0.2) is 28.8 Å². The van der Waals surface area contributed by atoms with Crippen molar-refractivity contribution in [2.75, 3.05) is 12.9 Å². The molecule has 0 saturated carbocycles. The van der Waals surface area contributed by atoms with E-state index in [2.05, 4.69) is 10.1 Å². The van der Waals surface area contributed by atoms with Crippen LogP contribution < -0.4 is 0 Å². The number of rotatable bonds is 5. The summed E-state index contributed by atoms with van der Waals surface area (Å²) in [4.78, 5) is 4.30. The molecule has 5 heteroatoms. The zero-order valence-corrected chi connectivity index (χ0v) is 10.4. The van der Waals surface area contributed by atoms with Crippen molar-refractivity contribution in [3.8, 4) is 11.4 Å². The van der Waals surface area contributed by atoms with Crippen LogP contribution in [0.5, 0.6) is 0 Å². The number of benzene rings is 1. The second kappa shape index (κ2) is 5.84. The Bertz CT molecular complexity index is 468. The lowest BCUT2D eigenvalue weighted by Crippen LogP contribution is -1.90. The minimum atomic E-state index is 0.166. The molecule has 2 aromatic rings. The first kappa shape index (κ1) is 12.1. The molecule has 0 spiro atoms. The fraction of sp³-hybridized carbons (Fsp3) is 0.333. The highest BCUT2D eigenvalue weighted by Crippen LogP contribution is 2.18. The Hall–Kier alpha value is -1.33. The lowest BCUT2D eigenvalue weighted by molar-refractivity contribution is 0.299. The quantitative estimate of drug-likeness (QED) is 0.881. The van der Waals surface area contributed by atoms with Crippen molar-refractivity contribution in [1.82, 2.24) is 10.1 Å². The van der Waals surface area contributed by atoms with Gasteiger partial charge in [0.1, 0.15) is 0 Å². The molecule has 0 aliphatic rings. The third-order valence-corrected chi connectivity index (χ3v) is 2.88. The fourth-order valence-electron chi connectivity index (χ4n) is 1.50. The molecule has 90 valence electrons. The molecule has 0 atom stereocenters. The van der Waals surface area contributed by atoms with E-state index >= 15 is 0 Å². The zero-order valence-electron chi connectivity index (χ0n) is 9.59. The summed E-state index contributed by atoms with van der Waals surface area (Å²) < 4.78 is 5.12. The van der Waals surface area contributed by atoms with E-state index in [4.69, 9.17) is 9.63 Å². The number of nitrogens with zero attached hydrogens (tertiary/aromatic N) is 2. The van der Waals surface area contributed by atoms with Gasteiger partial charge in [0.15, 0.2) is 0 Å². The van der Waals surface area contributed by atoms with Gasteiger partial charge in [-0.25, -0.2) is 0 Å². The van der Waals surface area contributed by atoms with Crippen molar-refractivity contribution in [3.63, 3.8) is 0 Å². The summed E-state index contributed by atoms with van der Waals surface area (Å²) in [5.74, 6) is 1.99. The van der Waals surface area contributed by atoms with Gasteiger partial charge in [0.2, 0.25) is 11.7 Å². The van der Waals surface area contributed by atoms with Gasteiger partial charge in [-0.2, -0.15) is 16.7 Å². The Kier molecular flexibility index (Phi) is 4.17. The van der Waals surface area contributed by atoms with E-state index in [1.54, 1.807) is 11.8 Å². The molecular weight excluding hydrogens is 236 g/mol.